The number of ether oxygens (including phenoxy) is 1. The predicted octanol–water partition coefficient (Wildman–Crippen LogP) is 8.48. The van der Waals surface area contributed by atoms with Crippen LogP contribution in [0.2, 0.25) is 15.1 Å². The number of carbonyl (C=O) groups excluding carboxylic acids is 1. The van der Waals surface area contributed by atoms with Crippen LogP contribution in [0.4, 0.5) is 5.69 Å². The summed E-state index contributed by atoms with van der Waals surface area (Å²) in [6, 6.07) is 16.8. The Morgan fingerprint density at radius 1 is 1.09 bits per heavy atom. The number of carbonyl (C=O) groups is 1. The molecule has 0 saturated carbocycles. The molecule has 3 aromatic carbocycles. The van der Waals surface area contributed by atoms with Crippen molar-refractivity contribution in [3.63, 3.8) is 0 Å². The Labute approximate surface area is 232 Å². The van der Waals surface area contributed by atoms with Crippen LogP contribution in [0.5, 0.6) is 5.75 Å². The topological polar surface area (TPSA) is 50.7 Å². The molecule has 0 bridgehead atoms. The molecule has 0 aromatic heterocycles. The minimum absolute atomic E-state index is 0.261. The average molecular weight is 695 g/mol. The molecule has 0 radical (unpaired) electrons. The van der Waals surface area contributed by atoms with E-state index < -0.39 is 0 Å². The van der Waals surface area contributed by atoms with Crippen LogP contribution in [0, 0.1) is 3.57 Å². The van der Waals surface area contributed by atoms with Crippen molar-refractivity contribution < 1.29 is 9.53 Å². The molecule has 33 heavy (non-hydrogen) atoms. The summed E-state index contributed by atoms with van der Waals surface area (Å²) in [5, 5.41) is 4.31. The largest absolute Gasteiger partial charge is 0.486 e. The van der Waals surface area contributed by atoms with Gasteiger partial charge in [-0.25, -0.2) is 4.99 Å². The van der Waals surface area contributed by atoms with Gasteiger partial charge in [-0.1, -0.05) is 53.0 Å². The van der Waals surface area contributed by atoms with Gasteiger partial charge in [0, 0.05) is 3.57 Å². The maximum Gasteiger partial charge on any atom is 0.264 e. The maximum absolute atomic E-state index is 12.4. The Bertz CT molecular complexity index is 1280. The van der Waals surface area contributed by atoms with Crippen LogP contribution in [0.1, 0.15) is 11.1 Å². The molecule has 4 nitrogen and oxygen atoms in total. The van der Waals surface area contributed by atoms with Gasteiger partial charge < -0.3 is 10.1 Å². The van der Waals surface area contributed by atoms with E-state index in [1.54, 1.807) is 30.3 Å². The minimum atomic E-state index is -0.261. The average Bonchev–Trinajstić information content (AvgIpc) is 3.10. The van der Waals surface area contributed by atoms with E-state index >= 15 is 0 Å². The summed E-state index contributed by atoms with van der Waals surface area (Å²) < 4.78 is 7.76. The fraction of sp³-hybridized carbons (Fsp3) is 0.0435. The second-order valence-electron chi connectivity index (χ2n) is 6.78. The van der Waals surface area contributed by atoms with E-state index in [4.69, 9.17) is 39.5 Å². The van der Waals surface area contributed by atoms with Crippen LogP contribution in [0.25, 0.3) is 6.08 Å². The molecule has 1 fully saturated rings. The first-order chi connectivity index (χ1) is 15.8. The number of hydrogen-bond acceptors (Lipinski definition) is 4. The normalized spacial score (nSPS) is 15.8. The Morgan fingerprint density at radius 2 is 1.85 bits per heavy atom. The number of amides is 1. The molecular weight excluding hydrogens is 681 g/mol. The standard InChI is InChI=1S/C23H13BrCl3IN2O2S/c24-15-8-13(9-17(26)21(15)32-11-12-4-6-14(28)7-5-12)10-19-22(31)30-23(33-19)29-18-3-1-2-16(25)20(18)27/h1-10H,11H2,(H,29,30,31)/b19-10-. The van der Waals surface area contributed by atoms with Gasteiger partial charge in [-0.15, -0.1) is 0 Å². The van der Waals surface area contributed by atoms with Gasteiger partial charge in [-0.05, 0) is 104 Å². The smallest absolute Gasteiger partial charge is 0.264 e. The van der Waals surface area contributed by atoms with Gasteiger partial charge in [-0.2, -0.15) is 0 Å². The summed E-state index contributed by atoms with van der Waals surface area (Å²) in [7, 11) is 0. The molecule has 168 valence electrons. The number of aliphatic imine (C=N–C) groups is 1. The lowest BCUT2D eigenvalue weighted by atomic mass is 10.2. The molecule has 1 saturated heterocycles. The first kappa shape index (κ1) is 24.9. The number of thioether (sulfide) groups is 1. The lowest BCUT2D eigenvalue weighted by Crippen LogP contribution is -2.19. The van der Waals surface area contributed by atoms with Crippen molar-refractivity contribution in [2.45, 2.75) is 6.61 Å². The third kappa shape index (κ3) is 6.26. The SMILES string of the molecule is O=C1NC(=Nc2cccc(Cl)c2Cl)S/C1=C\c1cc(Cl)c(OCc2ccc(I)cc2)c(Br)c1. The van der Waals surface area contributed by atoms with Crippen LogP contribution in [0.3, 0.4) is 0 Å². The van der Waals surface area contributed by atoms with Gasteiger partial charge in [0.05, 0.1) is 30.1 Å². The van der Waals surface area contributed by atoms with E-state index in [-0.39, 0.29) is 5.91 Å². The Hall–Kier alpha value is -1.23. The highest BCUT2D eigenvalue weighted by atomic mass is 127. The fourth-order valence-corrected chi connectivity index (χ4v) is 5.38. The van der Waals surface area contributed by atoms with E-state index in [1.807, 2.05) is 30.3 Å². The zero-order valence-corrected chi connectivity index (χ0v) is 23.4. The lowest BCUT2D eigenvalue weighted by molar-refractivity contribution is -0.115. The number of nitrogens with zero attached hydrogens (tertiary/aromatic N) is 1. The highest BCUT2D eigenvalue weighted by Crippen LogP contribution is 2.38. The summed E-state index contributed by atoms with van der Waals surface area (Å²) in [5.41, 5.74) is 2.26. The fourth-order valence-electron chi connectivity index (χ4n) is 2.86. The number of amidine groups is 1. The van der Waals surface area contributed by atoms with Crippen LogP contribution >= 0.6 is 85.1 Å². The highest BCUT2D eigenvalue weighted by Gasteiger charge is 2.24. The molecule has 1 N–H and O–H groups in total. The molecule has 3 aromatic rings. The van der Waals surface area contributed by atoms with Gasteiger partial charge in [0.25, 0.3) is 5.91 Å². The van der Waals surface area contributed by atoms with Crippen LogP contribution < -0.4 is 10.1 Å². The van der Waals surface area contributed by atoms with Crippen molar-refractivity contribution in [2.75, 3.05) is 0 Å². The van der Waals surface area contributed by atoms with Crippen molar-refractivity contribution in [3.05, 3.63) is 93.7 Å². The molecule has 0 aliphatic carbocycles. The summed E-state index contributed by atoms with van der Waals surface area (Å²) in [5.74, 6) is 0.280. The molecule has 0 unspecified atom stereocenters. The van der Waals surface area contributed by atoms with E-state index in [0.29, 0.717) is 47.7 Å². The summed E-state index contributed by atoms with van der Waals surface area (Å²) >= 11 is 25.7. The quantitative estimate of drug-likeness (QED) is 0.215. The number of hydrogen-bond donors (Lipinski definition) is 1. The zero-order chi connectivity index (χ0) is 23.5. The number of rotatable bonds is 5. The van der Waals surface area contributed by atoms with Crippen molar-refractivity contribution >= 4 is 108 Å². The monoisotopic (exact) mass is 692 g/mol. The Morgan fingerprint density at radius 3 is 2.58 bits per heavy atom. The molecular formula is C23H13BrCl3IN2O2S. The number of nitrogens with one attached hydrogen (secondary N) is 1. The van der Waals surface area contributed by atoms with Gasteiger partial charge in [-0.3, -0.25) is 4.79 Å². The molecule has 0 spiro atoms. The Kier molecular flexibility index (Phi) is 8.30. The van der Waals surface area contributed by atoms with Crippen molar-refractivity contribution in [3.8, 4) is 5.75 Å². The van der Waals surface area contributed by atoms with E-state index in [9.17, 15) is 4.79 Å². The third-order valence-corrected chi connectivity index (χ3v) is 7.73. The highest BCUT2D eigenvalue weighted by molar-refractivity contribution is 14.1. The zero-order valence-electron chi connectivity index (χ0n) is 16.5. The maximum atomic E-state index is 12.4. The summed E-state index contributed by atoms with van der Waals surface area (Å²) in [4.78, 5) is 17.3. The minimum Gasteiger partial charge on any atom is -0.486 e. The second kappa shape index (κ2) is 11.0. The first-order valence-corrected chi connectivity index (χ1v) is 13.2. The van der Waals surface area contributed by atoms with Gasteiger partial charge in [0.15, 0.2) is 10.9 Å². The Balaban J connectivity index is 1.51. The summed E-state index contributed by atoms with van der Waals surface area (Å²) in [6.45, 7) is 0.389. The van der Waals surface area contributed by atoms with Crippen LogP contribution in [0.15, 0.2) is 69.0 Å². The lowest BCUT2D eigenvalue weighted by Gasteiger charge is -2.11. The molecule has 1 amide bonds. The van der Waals surface area contributed by atoms with Gasteiger partial charge in [0.1, 0.15) is 6.61 Å². The van der Waals surface area contributed by atoms with Gasteiger partial charge in [0.2, 0.25) is 0 Å². The molecule has 4 rings (SSSR count). The van der Waals surface area contributed by atoms with Crippen molar-refractivity contribution in [1.29, 1.82) is 0 Å². The van der Waals surface area contributed by atoms with E-state index in [0.717, 1.165) is 14.7 Å². The number of benzene rings is 3. The van der Waals surface area contributed by atoms with Crippen LogP contribution in [-0.4, -0.2) is 11.1 Å². The van der Waals surface area contributed by atoms with E-state index in [1.165, 1.54) is 11.8 Å². The van der Waals surface area contributed by atoms with Crippen molar-refractivity contribution in [2.24, 2.45) is 4.99 Å². The number of halogens is 5. The van der Waals surface area contributed by atoms with Crippen LogP contribution in [-0.2, 0) is 11.4 Å². The van der Waals surface area contributed by atoms with Crippen molar-refractivity contribution in [1.82, 2.24) is 5.32 Å². The van der Waals surface area contributed by atoms with Gasteiger partial charge >= 0.3 is 0 Å². The molecule has 1 aliphatic rings. The first-order valence-electron chi connectivity index (χ1n) is 9.40. The third-order valence-electron chi connectivity index (χ3n) is 4.42. The second-order valence-corrected chi connectivity index (χ2v) is 11.1. The molecule has 0 atom stereocenters. The molecule has 1 aliphatic heterocycles. The predicted molar refractivity (Wildman–Crippen MR) is 150 cm³/mol. The molecule has 10 heteroatoms. The van der Waals surface area contributed by atoms with E-state index in [2.05, 4.69) is 48.8 Å². The summed E-state index contributed by atoms with van der Waals surface area (Å²) in [6.07, 6.45) is 1.74. The molecule has 1 heterocycles.